The maximum absolute atomic E-state index is 12.7. The molecule has 1 aromatic heterocycles. The van der Waals surface area contributed by atoms with Gasteiger partial charge in [-0.05, 0) is 31.2 Å². The van der Waals surface area contributed by atoms with Crippen LogP contribution in [0.1, 0.15) is 12.7 Å². The molecule has 0 aliphatic rings. The lowest BCUT2D eigenvalue weighted by Gasteiger charge is -2.08. The minimum Gasteiger partial charge on any atom is -0.494 e. The number of nitrogens with one attached hydrogen (secondary N) is 1. The molecule has 2 rings (SSSR count). The third kappa shape index (κ3) is 5.50. The predicted molar refractivity (Wildman–Crippen MR) is 88.6 cm³/mol. The van der Waals surface area contributed by atoms with E-state index in [0.29, 0.717) is 27.4 Å². The average Bonchev–Trinajstić information content (AvgIpc) is 2.90. The van der Waals surface area contributed by atoms with Crippen LogP contribution >= 0.6 is 0 Å². The summed E-state index contributed by atoms with van der Waals surface area (Å²) >= 11 is 0. The van der Waals surface area contributed by atoms with Crippen LogP contribution < -0.4 is 20.5 Å². The lowest BCUT2D eigenvalue weighted by molar-refractivity contribution is -0.147. The molecular formula is C16H19F3N4O4. The maximum atomic E-state index is 12.7. The minimum absolute atomic E-state index is 0.0698. The van der Waals surface area contributed by atoms with Crippen LogP contribution in [0.3, 0.4) is 0 Å². The van der Waals surface area contributed by atoms with Gasteiger partial charge in [-0.3, -0.25) is 9.36 Å². The van der Waals surface area contributed by atoms with E-state index in [0.717, 1.165) is 7.05 Å². The summed E-state index contributed by atoms with van der Waals surface area (Å²) in [5.41, 5.74) is -0.915. The van der Waals surface area contributed by atoms with E-state index in [1.54, 1.807) is 24.3 Å². The molecule has 0 bridgehead atoms. The highest BCUT2D eigenvalue weighted by Gasteiger charge is 2.37. The number of amides is 1. The minimum atomic E-state index is -4.73. The first-order chi connectivity index (χ1) is 12.7. The lowest BCUT2D eigenvalue weighted by Crippen LogP contribution is -2.34. The molecule has 148 valence electrons. The molecule has 0 saturated heterocycles. The number of carbonyl (C=O) groups is 1. The van der Waals surface area contributed by atoms with Gasteiger partial charge in [-0.2, -0.15) is 13.2 Å². The van der Waals surface area contributed by atoms with Crippen molar-refractivity contribution < 1.29 is 27.4 Å². The second kappa shape index (κ2) is 8.60. The van der Waals surface area contributed by atoms with Gasteiger partial charge in [-0.1, -0.05) is 0 Å². The summed E-state index contributed by atoms with van der Waals surface area (Å²) in [5, 5.41) is 5.69. The predicted octanol–water partition coefficient (Wildman–Crippen LogP) is 1.19. The summed E-state index contributed by atoms with van der Waals surface area (Å²) < 4.78 is 49.7. The number of nitrogens with zero attached hydrogens (tertiary/aromatic N) is 3. The number of carbonyl (C=O) groups excluding carboxylic acids is 1. The van der Waals surface area contributed by atoms with Crippen molar-refractivity contribution in [2.24, 2.45) is 7.05 Å². The Hall–Kier alpha value is -2.98. The van der Waals surface area contributed by atoms with Crippen molar-refractivity contribution in [1.29, 1.82) is 0 Å². The van der Waals surface area contributed by atoms with Crippen molar-refractivity contribution >= 4 is 5.91 Å². The first-order valence-corrected chi connectivity index (χ1v) is 8.05. The third-order valence-electron chi connectivity index (χ3n) is 3.44. The molecule has 0 fully saturated rings. The van der Waals surface area contributed by atoms with Crippen molar-refractivity contribution in [2.45, 2.75) is 19.6 Å². The van der Waals surface area contributed by atoms with Gasteiger partial charge >= 0.3 is 11.9 Å². The molecule has 0 spiro atoms. The van der Waals surface area contributed by atoms with E-state index in [4.69, 9.17) is 9.47 Å². The molecule has 0 atom stereocenters. The van der Waals surface area contributed by atoms with Gasteiger partial charge in [0.1, 0.15) is 11.5 Å². The number of halogens is 3. The van der Waals surface area contributed by atoms with Crippen LogP contribution in [-0.2, 0) is 24.6 Å². The fourth-order valence-electron chi connectivity index (χ4n) is 2.18. The Morgan fingerprint density at radius 3 is 2.30 bits per heavy atom. The fraction of sp³-hybridized carbons (Fsp3) is 0.438. The summed E-state index contributed by atoms with van der Waals surface area (Å²) in [7, 11) is 0.984. The molecule has 0 aliphatic carbocycles. The van der Waals surface area contributed by atoms with E-state index in [2.05, 4.69) is 10.4 Å². The molecule has 8 nitrogen and oxygen atoms in total. The van der Waals surface area contributed by atoms with Gasteiger partial charge < -0.3 is 14.8 Å². The highest BCUT2D eigenvalue weighted by atomic mass is 19.4. The number of benzene rings is 1. The normalized spacial score (nSPS) is 11.3. The Kier molecular flexibility index (Phi) is 6.48. The van der Waals surface area contributed by atoms with E-state index in [1.165, 1.54) is 0 Å². The molecule has 27 heavy (non-hydrogen) atoms. The Morgan fingerprint density at radius 1 is 1.19 bits per heavy atom. The summed E-state index contributed by atoms with van der Waals surface area (Å²) in [5.74, 6) is -0.640. The number of hydrogen-bond acceptors (Lipinski definition) is 5. The molecule has 11 heteroatoms. The SMILES string of the molecule is CCOc1ccc(OCC(=O)NCCn2nc(C(F)(F)F)n(C)c2=O)cc1. The number of aromatic nitrogens is 3. The fourth-order valence-corrected chi connectivity index (χ4v) is 2.18. The standard InChI is InChI=1S/C16H19F3N4O4/c1-3-26-11-4-6-12(7-5-11)27-10-13(24)20-8-9-23-15(25)22(2)14(21-23)16(17,18)19/h4-7H,3,8-10H2,1-2H3,(H,20,24). The molecule has 1 N–H and O–H groups in total. The maximum Gasteiger partial charge on any atom is 0.451 e. The van der Waals surface area contributed by atoms with Crippen LogP contribution in [0.2, 0.25) is 0 Å². The second-order valence-corrected chi connectivity index (χ2v) is 5.43. The topological polar surface area (TPSA) is 87.4 Å². The third-order valence-corrected chi connectivity index (χ3v) is 3.44. The quantitative estimate of drug-likeness (QED) is 0.734. The molecule has 1 aromatic carbocycles. The van der Waals surface area contributed by atoms with Crippen LogP contribution in [-0.4, -0.2) is 40.0 Å². The van der Waals surface area contributed by atoms with Gasteiger partial charge in [0.25, 0.3) is 5.91 Å². The van der Waals surface area contributed by atoms with E-state index >= 15 is 0 Å². The summed E-state index contributed by atoms with van der Waals surface area (Å²) in [6.45, 7) is 1.85. The summed E-state index contributed by atoms with van der Waals surface area (Å²) in [6, 6.07) is 6.68. The second-order valence-electron chi connectivity index (χ2n) is 5.43. The van der Waals surface area contributed by atoms with Crippen LogP contribution in [0.4, 0.5) is 13.2 Å². The largest absolute Gasteiger partial charge is 0.494 e. The van der Waals surface area contributed by atoms with Crippen molar-refractivity contribution in [3.8, 4) is 11.5 Å². The molecule has 2 aromatic rings. The molecule has 0 aliphatic heterocycles. The average molecular weight is 388 g/mol. The van der Waals surface area contributed by atoms with Gasteiger partial charge in [0.2, 0.25) is 5.82 Å². The zero-order valence-electron chi connectivity index (χ0n) is 14.7. The molecular weight excluding hydrogens is 369 g/mol. The van der Waals surface area contributed by atoms with E-state index in [9.17, 15) is 22.8 Å². The van der Waals surface area contributed by atoms with Gasteiger partial charge in [0.05, 0.1) is 13.2 Å². The summed E-state index contributed by atoms with van der Waals surface area (Å²) in [6.07, 6.45) is -4.73. The zero-order valence-corrected chi connectivity index (χ0v) is 14.7. The van der Waals surface area contributed by atoms with Crippen LogP contribution in [0.15, 0.2) is 29.1 Å². The van der Waals surface area contributed by atoms with Gasteiger partial charge in [-0.15, -0.1) is 5.10 Å². The van der Waals surface area contributed by atoms with Crippen molar-refractivity contribution in [3.05, 3.63) is 40.6 Å². The van der Waals surface area contributed by atoms with Crippen molar-refractivity contribution in [2.75, 3.05) is 19.8 Å². The van der Waals surface area contributed by atoms with E-state index in [1.807, 2.05) is 6.92 Å². The molecule has 0 radical (unpaired) electrons. The number of hydrogen-bond donors (Lipinski definition) is 1. The highest BCUT2D eigenvalue weighted by molar-refractivity contribution is 5.77. The van der Waals surface area contributed by atoms with Crippen LogP contribution in [0.25, 0.3) is 0 Å². The Morgan fingerprint density at radius 2 is 1.78 bits per heavy atom. The lowest BCUT2D eigenvalue weighted by atomic mass is 10.3. The molecule has 0 saturated carbocycles. The van der Waals surface area contributed by atoms with Gasteiger partial charge in [0, 0.05) is 13.6 Å². The first kappa shape index (κ1) is 20.3. The number of rotatable bonds is 8. The molecule has 0 unspecified atom stereocenters. The number of ether oxygens (including phenoxy) is 2. The first-order valence-electron chi connectivity index (χ1n) is 8.05. The Labute approximate surface area is 152 Å². The Bertz CT molecular complexity index is 828. The highest BCUT2D eigenvalue weighted by Crippen LogP contribution is 2.25. The van der Waals surface area contributed by atoms with E-state index < -0.39 is 23.6 Å². The number of alkyl halides is 3. The monoisotopic (exact) mass is 388 g/mol. The van der Waals surface area contributed by atoms with Crippen LogP contribution in [0.5, 0.6) is 11.5 Å². The zero-order chi connectivity index (χ0) is 20.0. The summed E-state index contributed by atoms with van der Waals surface area (Å²) in [4.78, 5) is 23.5. The van der Waals surface area contributed by atoms with Crippen LogP contribution in [0, 0.1) is 0 Å². The van der Waals surface area contributed by atoms with Gasteiger partial charge in [0.15, 0.2) is 6.61 Å². The van der Waals surface area contributed by atoms with Gasteiger partial charge in [-0.25, -0.2) is 9.48 Å². The smallest absolute Gasteiger partial charge is 0.451 e. The van der Waals surface area contributed by atoms with Crippen molar-refractivity contribution in [3.63, 3.8) is 0 Å². The molecule has 1 amide bonds. The van der Waals surface area contributed by atoms with Crippen molar-refractivity contribution in [1.82, 2.24) is 19.7 Å². The van der Waals surface area contributed by atoms with E-state index in [-0.39, 0.29) is 19.7 Å². The Balaban J connectivity index is 1.80. The molecule has 1 heterocycles.